The number of aliphatic hydroxyl groups is 1. The maximum Gasteiger partial charge on any atom is 0.290 e. The Morgan fingerprint density at radius 1 is 1.38 bits per heavy atom. The van der Waals surface area contributed by atoms with Crippen molar-refractivity contribution >= 4 is 5.91 Å². The largest absolute Gasteiger partial charge is 0.459 e. The summed E-state index contributed by atoms with van der Waals surface area (Å²) in [4.78, 5) is 14.7. The summed E-state index contributed by atoms with van der Waals surface area (Å²) in [6.45, 7) is 4.62. The van der Waals surface area contributed by atoms with E-state index in [2.05, 4.69) is 0 Å². The molecule has 3 rings (SSSR count). The van der Waals surface area contributed by atoms with Gasteiger partial charge in [0, 0.05) is 24.1 Å². The van der Waals surface area contributed by atoms with Crippen molar-refractivity contribution in [2.24, 2.45) is 5.92 Å². The Bertz CT molecular complexity index is 520. The number of likely N-dealkylation sites (tertiary alicyclic amines) is 1. The molecule has 1 N–H and O–H groups in total. The Morgan fingerprint density at radius 2 is 2.19 bits per heavy atom. The Balaban J connectivity index is 1.82. The summed E-state index contributed by atoms with van der Waals surface area (Å²) in [5, 5.41) is 10.7. The third kappa shape index (κ3) is 2.61. The molecule has 1 aromatic rings. The molecule has 2 heterocycles. The lowest BCUT2D eigenvalue weighted by Gasteiger charge is -2.43. The fourth-order valence-corrected chi connectivity index (χ4v) is 4.14. The summed E-state index contributed by atoms with van der Waals surface area (Å²) in [6.07, 6.45) is 7.68. The van der Waals surface area contributed by atoms with E-state index >= 15 is 0 Å². The highest BCUT2D eigenvalue weighted by atomic mass is 16.3. The van der Waals surface area contributed by atoms with Crippen LogP contribution in [0.2, 0.25) is 0 Å². The lowest BCUT2D eigenvalue weighted by Crippen LogP contribution is -2.50. The third-order valence-corrected chi connectivity index (χ3v) is 5.33. The van der Waals surface area contributed by atoms with Crippen LogP contribution in [0, 0.1) is 12.8 Å². The lowest BCUT2D eigenvalue weighted by atomic mass is 9.72. The van der Waals surface area contributed by atoms with Gasteiger partial charge in [0.1, 0.15) is 0 Å². The van der Waals surface area contributed by atoms with Crippen LogP contribution in [0.5, 0.6) is 0 Å². The third-order valence-electron chi connectivity index (χ3n) is 5.33. The summed E-state index contributed by atoms with van der Waals surface area (Å²) in [5.41, 5.74) is 0.241. The van der Waals surface area contributed by atoms with Gasteiger partial charge in [-0.25, -0.2) is 0 Å². The topological polar surface area (TPSA) is 53.7 Å². The van der Waals surface area contributed by atoms with Gasteiger partial charge in [-0.1, -0.05) is 12.8 Å². The lowest BCUT2D eigenvalue weighted by molar-refractivity contribution is -0.0580. The van der Waals surface area contributed by atoms with Crippen molar-refractivity contribution in [3.8, 4) is 0 Å². The second-order valence-electron chi connectivity index (χ2n) is 6.85. The van der Waals surface area contributed by atoms with Gasteiger partial charge >= 0.3 is 0 Å². The second-order valence-corrected chi connectivity index (χ2v) is 6.85. The first kappa shape index (κ1) is 14.6. The number of amides is 1. The van der Waals surface area contributed by atoms with Crippen molar-refractivity contribution in [2.45, 2.75) is 64.0 Å². The van der Waals surface area contributed by atoms with Crippen LogP contribution in [-0.2, 0) is 0 Å². The van der Waals surface area contributed by atoms with Crippen LogP contribution in [0.1, 0.15) is 61.6 Å². The van der Waals surface area contributed by atoms with Crippen LogP contribution in [0.25, 0.3) is 0 Å². The maximum absolute atomic E-state index is 12.7. The van der Waals surface area contributed by atoms with E-state index in [4.69, 9.17) is 4.42 Å². The molecule has 1 saturated heterocycles. The summed E-state index contributed by atoms with van der Waals surface area (Å²) in [7, 11) is 0. The van der Waals surface area contributed by atoms with Gasteiger partial charge in [-0.3, -0.25) is 4.79 Å². The van der Waals surface area contributed by atoms with Crippen LogP contribution in [0.15, 0.2) is 16.7 Å². The number of nitrogens with zero attached hydrogens (tertiary/aromatic N) is 1. The quantitative estimate of drug-likeness (QED) is 0.910. The standard InChI is InChI=1S/C17H25NO3/c1-12-8-11-21-15(12)16(19)18-10-5-7-14(18)13-6-3-4-9-17(13,2)20/h8,11,13-14,20H,3-7,9-10H2,1-2H3/t13-,14+,17-/m0/s1. The van der Waals surface area contributed by atoms with Gasteiger partial charge in [0.15, 0.2) is 5.76 Å². The number of aryl methyl sites for hydroxylation is 1. The molecule has 4 nitrogen and oxygen atoms in total. The van der Waals surface area contributed by atoms with Gasteiger partial charge in [-0.2, -0.15) is 0 Å². The van der Waals surface area contributed by atoms with E-state index in [-0.39, 0.29) is 17.9 Å². The predicted octanol–water partition coefficient (Wildman–Crippen LogP) is 3.13. The van der Waals surface area contributed by atoms with Crippen molar-refractivity contribution < 1.29 is 14.3 Å². The number of rotatable bonds is 2. The molecule has 21 heavy (non-hydrogen) atoms. The van der Waals surface area contributed by atoms with Gasteiger partial charge in [0.2, 0.25) is 0 Å². The van der Waals surface area contributed by atoms with Gasteiger partial charge in [-0.05, 0) is 45.6 Å². The first-order chi connectivity index (χ1) is 10.0. The summed E-state index contributed by atoms with van der Waals surface area (Å²) < 4.78 is 5.37. The molecule has 1 aromatic heterocycles. The molecule has 0 bridgehead atoms. The van der Waals surface area contributed by atoms with Crippen molar-refractivity contribution in [1.82, 2.24) is 4.90 Å². The molecule has 1 saturated carbocycles. The highest BCUT2D eigenvalue weighted by Gasteiger charge is 2.45. The Hall–Kier alpha value is -1.29. The summed E-state index contributed by atoms with van der Waals surface area (Å²) >= 11 is 0. The monoisotopic (exact) mass is 291 g/mol. The molecule has 0 aromatic carbocycles. The van der Waals surface area contributed by atoms with Crippen molar-refractivity contribution in [1.29, 1.82) is 0 Å². The molecule has 1 aliphatic heterocycles. The normalized spacial score (nSPS) is 33.4. The van der Waals surface area contributed by atoms with Gasteiger partial charge < -0.3 is 14.4 Å². The van der Waals surface area contributed by atoms with E-state index < -0.39 is 5.60 Å². The van der Waals surface area contributed by atoms with E-state index in [0.717, 1.165) is 50.6 Å². The zero-order valence-electron chi connectivity index (χ0n) is 13.0. The first-order valence-electron chi connectivity index (χ1n) is 8.08. The van der Waals surface area contributed by atoms with Crippen molar-refractivity contribution in [3.05, 3.63) is 23.7 Å². The molecule has 1 aliphatic carbocycles. The molecule has 4 heteroatoms. The van der Waals surface area contributed by atoms with Gasteiger partial charge in [-0.15, -0.1) is 0 Å². The van der Waals surface area contributed by atoms with Gasteiger partial charge in [0.25, 0.3) is 5.91 Å². The molecule has 116 valence electrons. The minimum Gasteiger partial charge on any atom is -0.459 e. The zero-order valence-corrected chi connectivity index (χ0v) is 13.0. The number of carbonyl (C=O) groups is 1. The van der Waals surface area contributed by atoms with E-state index in [1.54, 1.807) is 6.26 Å². The summed E-state index contributed by atoms with van der Waals surface area (Å²) in [5.74, 6) is 0.631. The van der Waals surface area contributed by atoms with E-state index in [1.807, 2.05) is 24.8 Å². The van der Waals surface area contributed by atoms with Crippen LogP contribution >= 0.6 is 0 Å². The van der Waals surface area contributed by atoms with Crippen LogP contribution in [-0.4, -0.2) is 34.1 Å². The van der Waals surface area contributed by atoms with E-state index in [9.17, 15) is 9.90 Å². The highest BCUT2D eigenvalue weighted by Crippen LogP contribution is 2.41. The average Bonchev–Trinajstić information content (AvgIpc) is 3.06. The Morgan fingerprint density at radius 3 is 2.86 bits per heavy atom. The minimum absolute atomic E-state index is 0.0126. The Labute approximate surface area is 126 Å². The van der Waals surface area contributed by atoms with Crippen molar-refractivity contribution in [2.75, 3.05) is 6.54 Å². The van der Waals surface area contributed by atoms with E-state index in [0.29, 0.717) is 5.76 Å². The van der Waals surface area contributed by atoms with E-state index in [1.165, 1.54) is 0 Å². The molecule has 3 atom stereocenters. The number of carbonyl (C=O) groups excluding carboxylic acids is 1. The first-order valence-corrected chi connectivity index (χ1v) is 8.08. The minimum atomic E-state index is -0.649. The summed E-state index contributed by atoms with van der Waals surface area (Å²) in [6, 6.07) is 1.98. The van der Waals surface area contributed by atoms with Crippen LogP contribution in [0.4, 0.5) is 0 Å². The second kappa shape index (κ2) is 5.48. The number of hydrogen-bond acceptors (Lipinski definition) is 3. The molecular weight excluding hydrogens is 266 g/mol. The highest BCUT2D eigenvalue weighted by molar-refractivity contribution is 5.93. The number of hydrogen-bond donors (Lipinski definition) is 1. The smallest absolute Gasteiger partial charge is 0.290 e. The predicted molar refractivity (Wildman–Crippen MR) is 80.1 cm³/mol. The number of furan rings is 1. The molecule has 2 aliphatic rings. The van der Waals surface area contributed by atoms with Crippen LogP contribution < -0.4 is 0 Å². The zero-order chi connectivity index (χ0) is 15.0. The average molecular weight is 291 g/mol. The molecule has 0 radical (unpaired) electrons. The maximum atomic E-state index is 12.7. The fourth-order valence-electron chi connectivity index (χ4n) is 4.14. The molecule has 0 unspecified atom stereocenters. The van der Waals surface area contributed by atoms with Crippen molar-refractivity contribution in [3.63, 3.8) is 0 Å². The molecular formula is C17H25NO3. The molecule has 1 amide bonds. The molecule has 0 spiro atoms. The Kier molecular flexibility index (Phi) is 3.82. The van der Waals surface area contributed by atoms with Crippen LogP contribution in [0.3, 0.4) is 0 Å². The molecule has 2 fully saturated rings. The SMILES string of the molecule is Cc1ccoc1C(=O)N1CCC[C@@H]1[C@@H]1CCCC[C@]1(C)O. The fraction of sp³-hybridized carbons (Fsp3) is 0.706. The van der Waals surface area contributed by atoms with Gasteiger partial charge in [0.05, 0.1) is 11.9 Å².